The third-order valence-electron chi connectivity index (χ3n) is 2.13. The van der Waals surface area contributed by atoms with Crippen LogP contribution in [-0.2, 0) is 16.6 Å². The standard InChI is InChI=1S/C12H16N2O2S/c1-10(2)9-17(15,16)14-8-12-5-3-11(7-13)4-6-12/h3-6,10,14H,8-9H2,1-2H3. The molecule has 1 N–H and O–H groups in total. The Morgan fingerprint density at radius 3 is 2.35 bits per heavy atom. The van der Waals surface area contributed by atoms with E-state index in [1.807, 2.05) is 19.9 Å². The summed E-state index contributed by atoms with van der Waals surface area (Å²) in [5, 5.41) is 8.63. The number of hydrogen-bond acceptors (Lipinski definition) is 3. The van der Waals surface area contributed by atoms with E-state index in [9.17, 15) is 8.42 Å². The normalized spacial score (nSPS) is 11.4. The highest BCUT2D eigenvalue weighted by Gasteiger charge is 2.11. The highest BCUT2D eigenvalue weighted by Crippen LogP contribution is 2.04. The molecule has 1 aromatic carbocycles. The van der Waals surface area contributed by atoms with Gasteiger partial charge in [0.25, 0.3) is 0 Å². The van der Waals surface area contributed by atoms with E-state index in [0.717, 1.165) is 5.56 Å². The molecule has 0 radical (unpaired) electrons. The fourth-order valence-electron chi connectivity index (χ4n) is 1.39. The van der Waals surface area contributed by atoms with Gasteiger partial charge in [0.05, 0.1) is 17.4 Å². The summed E-state index contributed by atoms with van der Waals surface area (Å²) in [6, 6.07) is 8.85. The monoisotopic (exact) mass is 252 g/mol. The van der Waals surface area contributed by atoms with E-state index < -0.39 is 10.0 Å². The van der Waals surface area contributed by atoms with E-state index in [4.69, 9.17) is 5.26 Å². The topological polar surface area (TPSA) is 70.0 Å². The molecule has 1 aromatic rings. The molecule has 4 nitrogen and oxygen atoms in total. The Balaban J connectivity index is 2.59. The molecule has 0 saturated carbocycles. The maximum atomic E-state index is 11.6. The molecule has 0 aliphatic heterocycles. The largest absolute Gasteiger partial charge is 0.212 e. The first-order valence-electron chi connectivity index (χ1n) is 5.39. The van der Waals surface area contributed by atoms with E-state index in [1.54, 1.807) is 24.3 Å². The molecule has 0 spiro atoms. The first-order chi connectivity index (χ1) is 7.93. The third kappa shape index (κ3) is 4.98. The second kappa shape index (κ2) is 5.80. The Hall–Kier alpha value is -1.38. The minimum Gasteiger partial charge on any atom is -0.212 e. The van der Waals surface area contributed by atoms with Gasteiger partial charge in [0.2, 0.25) is 10.0 Å². The van der Waals surface area contributed by atoms with Crippen molar-refractivity contribution < 1.29 is 8.42 Å². The molecule has 0 atom stereocenters. The molecule has 0 aliphatic carbocycles. The van der Waals surface area contributed by atoms with Crippen LogP contribution in [0.3, 0.4) is 0 Å². The minimum absolute atomic E-state index is 0.105. The lowest BCUT2D eigenvalue weighted by Crippen LogP contribution is -2.28. The Labute approximate surface area is 102 Å². The second-order valence-corrected chi connectivity index (χ2v) is 6.16. The van der Waals surface area contributed by atoms with Gasteiger partial charge in [-0.3, -0.25) is 0 Å². The molecule has 0 bridgehead atoms. The van der Waals surface area contributed by atoms with Crippen molar-refractivity contribution in [3.05, 3.63) is 35.4 Å². The summed E-state index contributed by atoms with van der Waals surface area (Å²) >= 11 is 0. The molecule has 0 aliphatic rings. The summed E-state index contributed by atoms with van der Waals surface area (Å²) in [6.07, 6.45) is 0. The average molecular weight is 252 g/mol. The van der Waals surface area contributed by atoms with E-state index >= 15 is 0 Å². The Kier molecular flexibility index (Phi) is 4.67. The van der Waals surface area contributed by atoms with Crippen LogP contribution in [0.25, 0.3) is 0 Å². The summed E-state index contributed by atoms with van der Waals surface area (Å²) in [4.78, 5) is 0. The Bertz CT molecular complexity index is 498. The minimum atomic E-state index is -3.21. The lowest BCUT2D eigenvalue weighted by molar-refractivity contribution is 0.568. The second-order valence-electron chi connectivity index (χ2n) is 4.31. The van der Waals surface area contributed by atoms with Gasteiger partial charge in [-0.15, -0.1) is 0 Å². The number of hydrogen-bond donors (Lipinski definition) is 1. The molecule has 17 heavy (non-hydrogen) atoms. The Morgan fingerprint density at radius 2 is 1.88 bits per heavy atom. The lowest BCUT2D eigenvalue weighted by atomic mass is 10.1. The van der Waals surface area contributed by atoms with Gasteiger partial charge in [0, 0.05) is 6.54 Å². The first kappa shape index (κ1) is 13.7. The summed E-state index contributed by atoms with van der Waals surface area (Å²) < 4.78 is 25.7. The predicted octanol–water partition coefficient (Wildman–Crippen LogP) is 1.63. The van der Waals surface area contributed by atoms with Gasteiger partial charge in [-0.1, -0.05) is 26.0 Å². The van der Waals surface area contributed by atoms with Crippen molar-refractivity contribution in [3.8, 4) is 6.07 Å². The number of nitrogens with zero attached hydrogens (tertiary/aromatic N) is 1. The highest BCUT2D eigenvalue weighted by atomic mass is 32.2. The van der Waals surface area contributed by atoms with Crippen molar-refractivity contribution in [2.75, 3.05) is 5.75 Å². The van der Waals surface area contributed by atoms with Crippen molar-refractivity contribution in [2.24, 2.45) is 5.92 Å². The zero-order valence-corrected chi connectivity index (χ0v) is 10.8. The van der Waals surface area contributed by atoms with Crippen LogP contribution in [0.5, 0.6) is 0 Å². The molecule has 0 saturated heterocycles. The van der Waals surface area contributed by atoms with Gasteiger partial charge in [-0.25, -0.2) is 13.1 Å². The zero-order valence-electron chi connectivity index (χ0n) is 9.97. The quantitative estimate of drug-likeness (QED) is 0.866. The molecular formula is C12H16N2O2S. The molecule has 5 heteroatoms. The van der Waals surface area contributed by atoms with Gasteiger partial charge < -0.3 is 0 Å². The van der Waals surface area contributed by atoms with Crippen molar-refractivity contribution in [3.63, 3.8) is 0 Å². The molecule has 0 unspecified atom stereocenters. The van der Waals surface area contributed by atoms with Gasteiger partial charge in [-0.2, -0.15) is 5.26 Å². The number of benzene rings is 1. The molecule has 0 aromatic heterocycles. The van der Waals surface area contributed by atoms with Crippen LogP contribution in [-0.4, -0.2) is 14.2 Å². The molecule has 92 valence electrons. The maximum Gasteiger partial charge on any atom is 0.212 e. The van der Waals surface area contributed by atoms with Gasteiger partial charge in [0.1, 0.15) is 0 Å². The number of rotatable bonds is 5. The molecule has 0 fully saturated rings. The van der Waals surface area contributed by atoms with Crippen molar-refractivity contribution >= 4 is 10.0 Å². The van der Waals surface area contributed by atoms with Crippen molar-refractivity contribution in [2.45, 2.75) is 20.4 Å². The fourth-order valence-corrected chi connectivity index (χ4v) is 2.77. The SMILES string of the molecule is CC(C)CS(=O)(=O)NCc1ccc(C#N)cc1. The summed E-state index contributed by atoms with van der Waals surface area (Å²) in [6.45, 7) is 3.99. The van der Waals surface area contributed by atoms with Crippen LogP contribution in [0, 0.1) is 17.2 Å². The first-order valence-corrected chi connectivity index (χ1v) is 7.04. The van der Waals surface area contributed by atoms with Gasteiger partial charge >= 0.3 is 0 Å². The summed E-state index contributed by atoms with van der Waals surface area (Å²) in [5.41, 5.74) is 1.41. The molecule has 0 amide bonds. The van der Waals surface area contributed by atoms with Crippen LogP contribution in [0.15, 0.2) is 24.3 Å². The molecular weight excluding hydrogens is 236 g/mol. The Morgan fingerprint density at radius 1 is 1.29 bits per heavy atom. The van der Waals surface area contributed by atoms with Crippen LogP contribution < -0.4 is 4.72 Å². The van der Waals surface area contributed by atoms with Crippen molar-refractivity contribution in [1.82, 2.24) is 4.72 Å². The number of sulfonamides is 1. The number of nitriles is 1. The maximum absolute atomic E-state index is 11.6. The van der Waals surface area contributed by atoms with E-state index in [2.05, 4.69) is 4.72 Å². The average Bonchev–Trinajstić information content (AvgIpc) is 2.25. The highest BCUT2D eigenvalue weighted by molar-refractivity contribution is 7.89. The molecule has 1 rings (SSSR count). The van der Waals surface area contributed by atoms with E-state index in [1.165, 1.54) is 0 Å². The summed E-state index contributed by atoms with van der Waals surface area (Å²) in [5.74, 6) is 0.233. The zero-order chi connectivity index (χ0) is 12.9. The van der Waals surface area contributed by atoms with Crippen LogP contribution in [0.1, 0.15) is 25.0 Å². The van der Waals surface area contributed by atoms with Gasteiger partial charge in [0.15, 0.2) is 0 Å². The van der Waals surface area contributed by atoms with Crippen LogP contribution in [0.2, 0.25) is 0 Å². The third-order valence-corrected chi connectivity index (χ3v) is 3.82. The van der Waals surface area contributed by atoms with Crippen LogP contribution >= 0.6 is 0 Å². The molecule has 0 heterocycles. The predicted molar refractivity (Wildman–Crippen MR) is 66.6 cm³/mol. The fraction of sp³-hybridized carbons (Fsp3) is 0.417. The smallest absolute Gasteiger partial charge is 0.212 e. The van der Waals surface area contributed by atoms with Crippen LogP contribution in [0.4, 0.5) is 0 Å². The number of nitrogens with one attached hydrogen (secondary N) is 1. The van der Waals surface area contributed by atoms with E-state index in [0.29, 0.717) is 5.56 Å². The van der Waals surface area contributed by atoms with Crippen molar-refractivity contribution in [1.29, 1.82) is 5.26 Å². The van der Waals surface area contributed by atoms with E-state index in [-0.39, 0.29) is 18.2 Å². The van der Waals surface area contributed by atoms with Gasteiger partial charge in [-0.05, 0) is 23.6 Å². The lowest BCUT2D eigenvalue weighted by Gasteiger charge is -2.08. The summed E-state index contributed by atoms with van der Waals surface area (Å²) in [7, 11) is -3.21.